The van der Waals surface area contributed by atoms with E-state index in [4.69, 9.17) is 0 Å². The Balaban J connectivity index is 1.29. The van der Waals surface area contributed by atoms with Crippen LogP contribution in [-0.4, -0.2) is 33.3 Å². The molecule has 4 aliphatic rings. The standard InChI is InChI=1S/C30H30BN7O/c1-19-5-3-4-6-23(19)17-32-28-15-13-26-30(22-9-11-24(12-10-22)33-20(2)39)27-14-16-29(38(27)31-37(26)28)36-18-25(34-35-36)21-7-8-21/h3-6,9-16,18,21,32,34-35H,7-8,17H2,1-2H3,(H,33,39)/q+1. The van der Waals surface area contributed by atoms with Crippen LogP contribution in [0.1, 0.15) is 42.1 Å². The van der Waals surface area contributed by atoms with E-state index in [0.29, 0.717) is 5.92 Å². The Kier molecular flexibility index (Phi) is 5.67. The van der Waals surface area contributed by atoms with Crippen molar-refractivity contribution in [3.63, 3.8) is 0 Å². The van der Waals surface area contributed by atoms with Gasteiger partial charge in [0, 0.05) is 42.4 Å². The molecule has 193 valence electrons. The molecular weight excluding hydrogens is 485 g/mol. The van der Waals surface area contributed by atoms with Gasteiger partial charge in [0.15, 0.2) is 0 Å². The van der Waals surface area contributed by atoms with E-state index in [2.05, 4.69) is 117 Å². The van der Waals surface area contributed by atoms with E-state index in [1.807, 2.05) is 12.1 Å². The van der Waals surface area contributed by atoms with Crippen LogP contribution >= 0.6 is 0 Å². The molecule has 7 rings (SSSR count). The first kappa shape index (κ1) is 23.6. The molecule has 8 nitrogen and oxygen atoms in total. The summed E-state index contributed by atoms with van der Waals surface area (Å²) in [5.41, 5.74) is 15.6. The molecule has 0 saturated heterocycles. The molecule has 3 aliphatic heterocycles. The number of nitrogens with zero attached hydrogens (tertiary/aromatic N) is 3. The van der Waals surface area contributed by atoms with Crippen molar-refractivity contribution in [2.24, 2.45) is 5.92 Å². The minimum Gasteiger partial charge on any atom is -0.368 e. The summed E-state index contributed by atoms with van der Waals surface area (Å²) in [6.45, 7) is 4.41. The number of anilines is 2. The number of hydrogen-bond acceptors (Lipinski definition) is 5. The molecule has 0 atom stereocenters. The Labute approximate surface area is 228 Å². The predicted molar refractivity (Wildman–Crippen MR) is 154 cm³/mol. The van der Waals surface area contributed by atoms with Crippen molar-refractivity contribution in [2.45, 2.75) is 33.2 Å². The molecule has 4 heterocycles. The van der Waals surface area contributed by atoms with Crippen LogP contribution in [0.3, 0.4) is 0 Å². The molecule has 39 heavy (non-hydrogen) atoms. The maximum Gasteiger partial charge on any atom is 0.553 e. The fourth-order valence-corrected chi connectivity index (χ4v) is 5.39. The number of carbonyl (C=O) groups is 1. The maximum absolute atomic E-state index is 11.6. The van der Waals surface area contributed by atoms with E-state index >= 15 is 0 Å². The van der Waals surface area contributed by atoms with Crippen LogP contribution in [0.5, 0.6) is 0 Å². The summed E-state index contributed by atoms with van der Waals surface area (Å²) < 4.78 is 4.45. The zero-order valence-corrected chi connectivity index (χ0v) is 22.0. The average molecular weight is 515 g/mol. The van der Waals surface area contributed by atoms with E-state index in [-0.39, 0.29) is 5.91 Å². The van der Waals surface area contributed by atoms with E-state index in [1.54, 1.807) is 0 Å². The Bertz CT molecular complexity index is 1610. The quantitative estimate of drug-likeness (QED) is 0.373. The van der Waals surface area contributed by atoms with Crippen LogP contribution in [-0.2, 0) is 11.3 Å². The number of allylic oxidation sites excluding steroid dienone is 2. The first-order chi connectivity index (χ1) is 19.0. The van der Waals surface area contributed by atoms with Crippen molar-refractivity contribution >= 4 is 36.4 Å². The zero-order chi connectivity index (χ0) is 26.5. The number of fused-ring (bicyclic) bond motifs is 2. The van der Waals surface area contributed by atoms with Crippen LogP contribution in [0.4, 0.5) is 11.5 Å². The van der Waals surface area contributed by atoms with Crippen molar-refractivity contribution in [3.8, 4) is 0 Å². The molecule has 0 unspecified atom stereocenters. The molecule has 9 heteroatoms. The van der Waals surface area contributed by atoms with Crippen molar-refractivity contribution < 1.29 is 9.28 Å². The third-order valence-electron chi connectivity index (χ3n) is 7.63. The number of hydrogen-bond donors (Lipinski definition) is 4. The summed E-state index contributed by atoms with van der Waals surface area (Å²) in [5.74, 6) is 2.59. The summed E-state index contributed by atoms with van der Waals surface area (Å²) in [4.78, 5) is 11.6. The van der Waals surface area contributed by atoms with Gasteiger partial charge in [0.05, 0.1) is 11.5 Å². The highest BCUT2D eigenvalue weighted by Gasteiger charge is 2.39. The van der Waals surface area contributed by atoms with Gasteiger partial charge in [-0.05, 0) is 66.8 Å². The summed E-state index contributed by atoms with van der Waals surface area (Å²) >= 11 is 0. The molecule has 1 radical (unpaired) electrons. The summed E-state index contributed by atoms with van der Waals surface area (Å²) in [6.07, 6.45) is 8.96. The second-order valence-electron chi connectivity index (χ2n) is 10.4. The highest BCUT2D eigenvalue weighted by Crippen LogP contribution is 2.38. The summed E-state index contributed by atoms with van der Waals surface area (Å²) in [5, 5.41) is 8.59. The highest BCUT2D eigenvalue weighted by atomic mass is 16.1. The van der Waals surface area contributed by atoms with Crippen LogP contribution in [0, 0.1) is 12.8 Å². The van der Waals surface area contributed by atoms with Gasteiger partial charge in [-0.25, -0.2) is 0 Å². The average Bonchev–Trinajstić information content (AvgIpc) is 3.32. The monoisotopic (exact) mass is 515 g/mol. The molecule has 1 saturated carbocycles. The van der Waals surface area contributed by atoms with Gasteiger partial charge in [-0.15, -0.1) is 5.01 Å². The SMILES string of the molecule is CC(=O)Nc1ccc(C2=C3C=CC(N4C=C(C5CC5)NN4)=[N+]3[B]n3c(NCc4ccccc4C)ccc32)cc1. The molecule has 0 bridgehead atoms. The van der Waals surface area contributed by atoms with Gasteiger partial charge < -0.3 is 15.1 Å². The Morgan fingerprint density at radius 1 is 1.08 bits per heavy atom. The number of rotatable bonds is 6. The van der Waals surface area contributed by atoms with Gasteiger partial charge in [0.1, 0.15) is 11.9 Å². The second-order valence-corrected chi connectivity index (χ2v) is 10.4. The smallest absolute Gasteiger partial charge is 0.368 e. The van der Waals surface area contributed by atoms with Crippen molar-refractivity contribution in [1.82, 2.24) is 20.4 Å². The first-order valence-electron chi connectivity index (χ1n) is 13.4. The van der Waals surface area contributed by atoms with Gasteiger partial charge in [-0.2, -0.15) is 0 Å². The Morgan fingerprint density at radius 2 is 1.90 bits per heavy atom. The van der Waals surface area contributed by atoms with Crippen LogP contribution < -0.4 is 21.6 Å². The Hall–Kier alpha value is -4.50. The topological polar surface area (TPSA) is 76.4 Å². The number of benzene rings is 2. The molecule has 1 amide bonds. The largest absolute Gasteiger partial charge is 0.553 e. The van der Waals surface area contributed by atoms with Gasteiger partial charge in [0.25, 0.3) is 5.84 Å². The first-order valence-corrected chi connectivity index (χ1v) is 13.4. The van der Waals surface area contributed by atoms with E-state index < -0.39 is 0 Å². The number of amidine groups is 1. The minimum atomic E-state index is -0.0789. The lowest BCUT2D eigenvalue weighted by Crippen LogP contribution is -2.44. The van der Waals surface area contributed by atoms with E-state index in [9.17, 15) is 4.79 Å². The number of hydrazine groups is 2. The molecule has 3 aromatic rings. The zero-order valence-electron chi connectivity index (χ0n) is 22.0. The third-order valence-corrected chi connectivity index (χ3v) is 7.63. The number of aryl methyl sites for hydroxylation is 1. The Morgan fingerprint density at radius 3 is 2.67 bits per heavy atom. The molecule has 2 aromatic carbocycles. The summed E-state index contributed by atoms with van der Waals surface area (Å²) in [6, 6.07) is 20.8. The normalized spacial score (nSPS) is 17.5. The lowest BCUT2D eigenvalue weighted by atomic mass is 9.92. The van der Waals surface area contributed by atoms with Gasteiger partial charge in [0.2, 0.25) is 5.91 Å². The third kappa shape index (κ3) is 4.34. The van der Waals surface area contributed by atoms with Crippen molar-refractivity contribution in [1.29, 1.82) is 0 Å². The number of nitrogens with one attached hydrogen (secondary N) is 4. The highest BCUT2D eigenvalue weighted by molar-refractivity contribution is 6.30. The second kappa shape index (κ2) is 9.36. The number of carbonyl (C=O) groups excluding carboxylic acids is 1. The lowest BCUT2D eigenvalue weighted by molar-refractivity contribution is -0.320. The molecule has 0 spiro atoms. The fraction of sp³-hybridized carbons (Fsp3) is 0.200. The van der Waals surface area contributed by atoms with Crippen molar-refractivity contribution in [3.05, 3.63) is 113 Å². The summed E-state index contributed by atoms with van der Waals surface area (Å²) in [7, 11) is 2.15. The maximum atomic E-state index is 11.6. The van der Waals surface area contributed by atoms with Crippen molar-refractivity contribution in [2.75, 3.05) is 10.6 Å². The molecule has 1 aromatic heterocycles. The predicted octanol–water partition coefficient (Wildman–Crippen LogP) is 4.08. The van der Waals surface area contributed by atoms with Crippen LogP contribution in [0.25, 0.3) is 5.57 Å². The molecule has 1 fully saturated rings. The van der Waals surface area contributed by atoms with E-state index in [0.717, 1.165) is 46.4 Å². The fourth-order valence-electron chi connectivity index (χ4n) is 5.39. The van der Waals surface area contributed by atoms with Crippen LogP contribution in [0.2, 0.25) is 0 Å². The van der Waals surface area contributed by atoms with Crippen LogP contribution in [0.15, 0.2) is 90.4 Å². The van der Waals surface area contributed by atoms with Gasteiger partial charge >= 0.3 is 7.55 Å². The molecule has 4 N–H and O–H groups in total. The molecular formula is C30H30BN7O+. The van der Waals surface area contributed by atoms with E-state index in [1.165, 1.54) is 36.6 Å². The molecule has 1 aliphatic carbocycles. The van der Waals surface area contributed by atoms with Gasteiger partial charge in [-0.3, -0.25) is 14.7 Å². The minimum absolute atomic E-state index is 0.0789. The van der Waals surface area contributed by atoms with Gasteiger partial charge in [-0.1, -0.05) is 41.9 Å². The number of aromatic nitrogens is 1. The number of amides is 1. The lowest BCUT2D eigenvalue weighted by Gasteiger charge is -2.23.